The Morgan fingerprint density at radius 3 is 2.54 bits per heavy atom. The fourth-order valence-electron chi connectivity index (χ4n) is 3.84. The van der Waals surface area contributed by atoms with Crippen LogP contribution >= 0.6 is 0 Å². The SMILES string of the molecule is Cn1c(C(F)F)nc2cc(C(=O)N3CCN(C(=O)C4CCCO4)CC3)ccc21. The van der Waals surface area contributed by atoms with E-state index in [0.29, 0.717) is 49.4 Å². The van der Waals surface area contributed by atoms with Gasteiger partial charge in [-0.15, -0.1) is 0 Å². The Morgan fingerprint density at radius 2 is 1.89 bits per heavy atom. The molecule has 3 heterocycles. The van der Waals surface area contributed by atoms with Crippen LogP contribution in [0.15, 0.2) is 18.2 Å². The maximum absolute atomic E-state index is 13.0. The number of piperazine rings is 1. The van der Waals surface area contributed by atoms with Gasteiger partial charge in [0.2, 0.25) is 0 Å². The van der Waals surface area contributed by atoms with Gasteiger partial charge in [0.25, 0.3) is 18.2 Å². The van der Waals surface area contributed by atoms with Gasteiger partial charge in [0.1, 0.15) is 6.10 Å². The topological polar surface area (TPSA) is 67.7 Å². The van der Waals surface area contributed by atoms with Crippen LogP contribution < -0.4 is 0 Å². The van der Waals surface area contributed by atoms with Crippen LogP contribution in [0.25, 0.3) is 11.0 Å². The molecule has 0 saturated carbocycles. The number of hydrogen-bond acceptors (Lipinski definition) is 4. The molecule has 150 valence electrons. The van der Waals surface area contributed by atoms with E-state index in [1.54, 1.807) is 28.0 Å². The Balaban J connectivity index is 1.44. The summed E-state index contributed by atoms with van der Waals surface area (Å²) in [7, 11) is 1.53. The molecule has 4 rings (SSSR count). The molecule has 0 bridgehead atoms. The summed E-state index contributed by atoms with van der Waals surface area (Å²) in [5.74, 6) is -0.504. The maximum Gasteiger partial charge on any atom is 0.295 e. The minimum absolute atomic E-state index is 0.000896. The summed E-state index contributed by atoms with van der Waals surface area (Å²) < 4.78 is 32.8. The van der Waals surface area contributed by atoms with Gasteiger partial charge >= 0.3 is 0 Å². The quantitative estimate of drug-likeness (QED) is 0.801. The van der Waals surface area contributed by atoms with Crippen molar-refractivity contribution in [2.24, 2.45) is 7.05 Å². The number of nitrogens with zero attached hydrogens (tertiary/aromatic N) is 4. The number of carbonyl (C=O) groups excluding carboxylic acids is 2. The molecule has 7 nitrogen and oxygen atoms in total. The molecule has 2 aromatic rings. The van der Waals surface area contributed by atoms with Crippen LogP contribution in [0.5, 0.6) is 0 Å². The number of rotatable bonds is 3. The van der Waals surface area contributed by atoms with E-state index >= 15 is 0 Å². The van der Waals surface area contributed by atoms with E-state index in [1.807, 2.05) is 0 Å². The van der Waals surface area contributed by atoms with E-state index in [4.69, 9.17) is 4.74 Å². The van der Waals surface area contributed by atoms with E-state index in [0.717, 1.165) is 12.8 Å². The van der Waals surface area contributed by atoms with Crippen molar-refractivity contribution in [1.29, 1.82) is 0 Å². The van der Waals surface area contributed by atoms with Crippen LogP contribution in [0.3, 0.4) is 0 Å². The molecule has 0 radical (unpaired) electrons. The van der Waals surface area contributed by atoms with Crippen molar-refractivity contribution >= 4 is 22.8 Å². The first-order valence-electron chi connectivity index (χ1n) is 9.40. The van der Waals surface area contributed by atoms with Crippen molar-refractivity contribution in [2.45, 2.75) is 25.4 Å². The van der Waals surface area contributed by atoms with E-state index in [-0.39, 0.29) is 23.7 Å². The Kier molecular flexibility index (Phi) is 5.01. The number of aromatic nitrogens is 2. The van der Waals surface area contributed by atoms with Crippen LogP contribution in [0.4, 0.5) is 8.78 Å². The summed E-state index contributed by atoms with van der Waals surface area (Å²) >= 11 is 0. The third-order valence-corrected chi connectivity index (χ3v) is 5.44. The number of ether oxygens (including phenoxy) is 1. The smallest absolute Gasteiger partial charge is 0.295 e. The number of imidazole rings is 1. The van der Waals surface area contributed by atoms with Gasteiger partial charge in [0.05, 0.1) is 11.0 Å². The van der Waals surface area contributed by atoms with Crippen molar-refractivity contribution in [2.75, 3.05) is 32.8 Å². The van der Waals surface area contributed by atoms with Crippen LogP contribution in [0.1, 0.15) is 35.4 Å². The standard InChI is InChI=1S/C19H22F2N4O3/c1-23-14-5-4-12(11-13(14)22-17(23)16(20)21)18(26)24-6-8-25(9-7-24)19(27)15-3-2-10-28-15/h4-5,11,15-16H,2-3,6-10H2,1H3. The monoisotopic (exact) mass is 392 g/mol. The summed E-state index contributed by atoms with van der Waals surface area (Å²) in [4.78, 5) is 32.6. The van der Waals surface area contributed by atoms with Crippen molar-refractivity contribution in [1.82, 2.24) is 19.4 Å². The van der Waals surface area contributed by atoms with Crippen molar-refractivity contribution in [3.05, 3.63) is 29.6 Å². The number of amides is 2. The van der Waals surface area contributed by atoms with Gasteiger partial charge < -0.3 is 19.1 Å². The molecule has 1 aromatic heterocycles. The van der Waals surface area contributed by atoms with Crippen LogP contribution in [-0.2, 0) is 16.6 Å². The molecular weight excluding hydrogens is 370 g/mol. The molecule has 9 heteroatoms. The maximum atomic E-state index is 13.0. The van der Waals surface area contributed by atoms with Gasteiger partial charge in [-0.25, -0.2) is 13.8 Å². The minimum atomic E-state index is -2.67. The van der Waals surface area contributed by atoms with Gasteiger partial charge in [-0.1, -0.05) is 0 Å². The lowest BCUT2D eigenvalue weighted by molar-refractivity contribution is -0.142. The number of fused-ring (bicyclic) bond motifs is 1. The molecule has 2 saturated heterocycles. The molecular formula is C19H22F2N4O3. The lowest BCUT2D eigenvalue weighted by Crippen LogP contribution is -2.52. The Labute approximate surface area is 160 Å². The highest BCUT2D eigenvalue weighted by Gasteiger charge is 2.31. The highest BCUT2D eigenvalue weighted by molar-refractivity contribution is 5.97. The number of benzene rings is 1. The zero-order chi connectivity index (χ0) is 19.8. The van der Waals surface area contributed by atoms with Gasteiger partial charge in [-0.05, 0) is 31.0 Å². The number of hydrogen-bond donors (Lipinski definition) is 0. The van der Waals surface area contributed by atoms with Crippen LogP contribution in [0.2, 0.25) is 0 Å². The Bertz CT molecular complexity index is 900. The van der Waals surface area contributed by atoms with Crippen molar-refractivity contribution < 1.29 is 23.1 Å². The second kappa shape index (κ2) is 7.46. The summed E-state index contributed by atoms with van der Waals surface area (Å²) in [5.41, 5.74) is 1.33. The highest BCUT2D eigenvalue weighted by Crippen LogP contribution is 2.24. The second-order valence-corrected chi connectivity index (χ2v) is 7.15. The van der Waals surface area contributed by atoms with Crippen LogP contribution in [0, 0.1) is 0 Å². The first-order chi connectivity index (χ1) is 13.5. The predicted molar refractivity (Wildman–Crippen MR) is 97.1 cm³/mol. The molecule has 0 N–H and O–H groups in total. The minimum Gasteiger partial charge on any atom is -0.368 e. The van der Waals surface area contributed by atoms with E-state index in [2.05, 4.69) is 4.98 Å². The largest absolute Gasteiger partial charge is 0.368 e. The average molecular weight is 392 g/mol. The van der Waals surface area contributed by atoms with E-state index in [9.17, 15) is 18.4 Å². The zero-order valence-corrected chi connectivity index (χ0v) is 15.6. The second-order valence-electron chi connectivity index (χ2n) is 7.15. The molecule has 28 heavy (non-hydrogen) atoms. The van der Waals surface area contributed by atoms with Gasteiger partial charge in [-0.3, -0.25) is 9.59 Å². The lowest BCUT2D eigenvalue weighted by atomic mass is 10.1. The molecule has 2 aliphatic rings. The third-order valence-electron chi connectivity index (χ3n) is 5.44. The first kappa shape index (κ1) is 18.8. The Morgan fingerprint density at radius 1 is 1.18 bits per heavy atom. The highest BCUT2D eigenvalue weighted by atomic mass is 19.3. The summed E-state index contributed by atoms with van der Waals surface area (Å²) in [6, 6.07) is 4.82. The number of alkyl halides is 2. The average Bonchev–Trinajstić information content (AvgIpc) is 3.35. The molecule has 2 aliphatic heterocycles. The molecule has 0 spiro atoms. The summed E-state index contributed by atoms with van der Waals surface area (Å²) in [5, 5.41) is 0. The first-order valence-corrected chi connectivity index (χ1v) is 9.40. The molecule has 2 fully saturated rings. The van der Waals surface area contributed by atoms with E-state index < -0.39 is 6.43 Å². The van der Waals surface area contributed by atoms with Gasteiger partial charge in [-0.2, -0.15) is 0 Å². The third kappa shape index (κ3) is 3.34. The Hall–Kier alpha value is -2.55. The summed E-state index contributed by atoms with van der Waals surface area (Å²) in [6.07, 6.45) is -1.37. The number of aryl methyl sites for hydroxylation is 1. The fourth-order valence-corrected chi connectivity index (χ4v) is 3.84. The molecule has 1 atom stereocenters. The predicted octanol–water partition coefficient (Wildman–Crippen LogP) is 1.97. The van der Waals surface area contributed by atoms with Gasteiger partial charge in [0.15, 0.2) is 5.82 Å². The summed E-state index contributed by atoms with van der Waals surface area (Å²) in [6.45, 7) is 2.41. The molecule has 2 amide bonds. The lowest BCUT2D eigenvalue weighted by Gasteiger charge is -2.35. The molecule has 1 aromatic carbocycles. The number of halogens is 2. The van der Waals surface area contributed by atoms with Gasteiger partial charge in [0, 0.05) is 45.4 Å². The van der Waals surface area contributed by atoms with E-state index in [1.165, 1.54) is 11.6 Å². The zero-order valence-electron chi connectivity index (χ0n) is 15.6. The molecule has 0 aliphatic carbocycles. The molecule has 1 unspecified atom stereocenters. The van der Waals surface area contributed by atoms with Crippen molar-refractivity contribution in [3.8, 4) is 0 Å². The van der Waals surface area contributed by atoms with Crippen LogP contribution in [-0.4, -0.2) is 70.1 Å². The fraction of sp³-hybridized carbons (Fsp3) is 0.526. The van der Waals surface area contributed by atoms with Crippen molar-refractivity contribution in [3.63, 3.8) is 0 Å². The normalized spacial score (nSPS) is 20.4. The number of carbonyl (C=O) groups is 2.